The van der Waals surface area contributed by atoms with Crippen molar-refractivity contribution in [1.82, 2.24) is 0 Å². The van der Waals surface area contributed by atoms with Crippen molar-refractivity contribution in [1.29, 1.82) is 0 Å². The highest BCUT2D eigenvalue weighted by atomic mass is 35.5. The van der Waals surface area contributed by atoms with Gasteiger partial charge in [0, 0.05) is 5.03 Å². The number of allylic oxidation sites excluding steroid dienone is 6. The third-order valence-electron chi connectivity index (χ3n) is 1.15. The van der Waals surface area contributed by atoms with Crippen molar-refractivity contribution in [3.8, 4) is 0 Å². The molecule has 0 amide bonds. The molecule has 0 aromatic heterocycles. The van der Waals surface area contributed by atoms with Gasteiger partial charge in [-0.1, -0.05) is 34.9 Å². The number of hydrogen-bond acceptors (Lipinski definition) is 0. The van der Waals surface area contributed by atoms with Crippen LogP contribution in [0.1, 0.15) is 27.7 Å². The Morgan fingerprint density at radius 3 is 2.00 bits per heavy atom. The van der Waals surface area contributed by atoms with Crippen LogP contribution in [-0.2, 0) is 0 Å². The lowest BCUT2D eigenvalue weighted by Gasteiger charge is -1.90. The molecule has 0 spiro atoms. The van der Waals surface area contributed by atoms with E-state index in [4.69, 9.17) is 11.6 Å². The van der Waals surface area contributed by atoms with Crippen LogP contribution >= 0.6 is 11.6 Å². The fourth-order valence-electron chi connectivity index (χ4n) is 0.492. The summed E-state index contributed by atoms with van der Waals surface area (Å²) in [4.78, 5) is 0. The van der Waals surface area contributed by atoms with E-state index in [0.29, 0.717) is 0 Å². The Labute approximate surface area is 74.3 Å². The molecular weight excluding hydrogens is 156 g/mol. The molecular formula is C10H15Cl. The van der Waals surface area contributed by atoms with Crippen molar-refractivity contribution in [2.75, 3.05) is 0 Å². The quantitative estimate of drug-likeness (QED) is 0.549. The van der Waals surface area contributed by atoms with Crippen LogP contribution in [0.15, 0.2) is 34.4 Å². The van der Waals surface area contributed by atoms with Crippen molar-refractivity contribution in [2.24, 2.45) is 0 Å². The molecule has 0 aromatic carbocycles. The summed E-state index contributed by atoms with van der Waals surface area (Å²) in [5.41, 5.74) is 2.42. The molecule has 62 valence electrons. The van der Waals surface area contributed by atoms with Gasteiger partial charge in [-0.3, -0.25) is 0 Å². The van der Waals surface area contributed by atoms with Crippen LogP contribution in [0.25, 0.3) is 0 Å². The maximum absolute atomic E-state index is 5.86. The molecule has 0 aromatic rings. The zero-order chi connectivity index (χ0) is 8.85. The molecule has 0 bridgehead atoms. The van der Waals surface area contributed by atoms with Gasteiger partial charge < -0.3 is 0 Å². The largest absolute Gasteiger partial charge is 0.0844 e. The predicted molar refractivity (Wildman–Crippen MR) is 52.8 cm³/mol. The molecule has 0 fully saturated rings. The van der Waals surface area contributed by atoms with Crippen LogP contribution in [0.2, 0.25) is 0 Å². The third-order valence-corrected chi connectivity index (χ3v) is 1.65. The van der Waals surface area contributed by atoms with Crippen molar-refractivity contribution in [3.05, 3.63) is 34.4 Å². The number of halogens is 1. The van der Waals surface area contributed by atoms with Crippen LogP contribution < -0.4 is 0 Å². The topological polar surface area (TPSA) is 0 Å². The van der Waals surface area contributed by atoms with Gasteiger partial charge in [0.2, 0.25) is 0 Å². The third kappa shape index (κ3) is 5.93. The molecule has 0 heterocycles. The van der Waals surface area contributed by atoms with E-state index < -0.39 is 0 Å². The average Bonchev–Trinajstić information content (AvgIpc) is 1.86. The summed E-state index contributed by atoms with van der Waals surface area (Å²) in [7, 11) is 0. The average molecular weight is 171 g/mol. The minimum atomic E-state index is 0.822. The maximum atomic E-state index is 5.86. The van der Waals surface area contributed by atoms with E-state index in [1.54, 1.807) is 0 Å². The second-order valence-corrected chi connectivity index (χ2v) is 3.36. The van der Waals surface area contributed by atoms with E-state index >= 15 is 0 Å². The Hall–Kier alpha value is -0.490. The van der Waals surface area contributed by atoms with Gasteiger partial charge in [0.05, 0.1) is 0 Å². The molecule has 11 heavy (non-hydrogen) atoms. The summed E-state index contributed by atoms with van der Waals surface area (Å²) in [5.74, 6) is 0. The van der Waals surface area contributed by atoms with Crippen LogP contribution in [-0.4, -0.2) is 0 Å². The molecule has 0 saturated heterocycles. The SMILES string of the molecule is CC(C)=C/C=C\C(Cl)=C(C)C. The minimum Gasteiger partial charge on any atom is -0.0844 e. The molecule has 1 heteroatoms. The maximum Gasteiger partial charge on any atom is 0.0392 e. The monoisotopic (exact) mass is 170 g/mol. The Balaban J connectivity index is 4.16. The van der Waals surface area contributed by atoms with E-state index in [1.165, 1.54) is 5.57 Å². The molecule has 0 atom stereocenters. The Kier molecular flexibility index (Phi) is 4.97. The zero-order valence-electron chi connectivity index (χ0n) is 7.61. The van der Waals surface area contributed by atoms with E-state index in [-0.39, 0.29) is 0 Å². The van der Waals surface area contributed by atoms with Gasteiger partial charge in [-0.05, 0) is 33.8 Å². The molecule has 0 saturated carbocycles. The van der Waals surface area contributed by atoms with Gasteiger partial charge in [-0.15, -0.1) is 0 Å². The fourth-order valence-corrected chi connectivity index (χ4v) is 0.564. The highest BCUT2D eigenvalue weighted by Gasteiger charge is 1.85. The van der Waals surface area contributed by atoms with E-state index in [9.17, 15) is 0 Å². The highest BCUT2D eigenvalue weighted by molar-refractivity contribution is 6.31. The predicted octanol–water partition coefficient (Wildman–Crippen LogP) is 4.04. The minimum absolute atomic E-state index is 0.822. The zero-order valence-corrected chi connectivity index (χ0v) is 8.37. The molecule has 0 unspecified atom stereocenters. The van der Waals surface area contributed by atoms with Crippen LogP contribution in [0, 0.1) is 0 Å². The standard InChI is InChI=1S/C10H15Cl/c1-8(2)6-5-7-10(11)9(3)4/h5-7H,1-4H3/b7-5-. The van der Waals surface area contributed by atoms with Crippen LogP contribution in [0.5, 0.6) is 0 Å². The second kappa shape index (κ2) is 5.20. The van der Waals surface area contributed by atoms with Crippen LogP contribution in [0.4, 0.5) is 0 Å². The Morgan fingerprint density at radius 2 is 1.64 bits per heavy atom. The molecule has 0 aliphatic heterocycles. The number of hydrogen-bond donors (Lipinski definition) is 0. The van der Waals surface area contributed by atoms with E-state index in [2.05, 4.69) is 13.8 Å². The van der Waals surface area contributed by atoms with Crippen molar-refractivity contribution in [2.45, 2.75) is 27.7 Å². The summed E-state index contributed by atoms with van der Waals surface area (Å²) in [6.45, 7) is 8.10. The van der Waals surface area contributed by atoms with Gasteiger partial charge in [0.1, 0.15) is 0 Å². The van der Waals surface area contributed by atoms with Crippen LogP contribution in [0.3, 0.4) is 0 Å². The van der Waals surface area contributed by atoms with Gasteiger partial charge in [-0.2, -0.15) is 0 Å². The molecule has 0 radical (unpaired) electrons. The lowest BCUT2D eigenvalue weighted by molar-refractivity contribution is 1.37. The van der Waals surface area contributed by atoms with Gasteiger partial charge in [0.15, 0.2) is 0 Å². The molecule has 0 nitrogen and oxygen atoms in total. The molecule has 0 N–H and O–H groups in total. The summed E-state index contributed by atoms with van der Waals surface area (Å²) in [5, 5.41) is 0.822. The first kappa shape index (κ1) is 10.5. The summed E-state index contributed by atoms with van der Waals surface area (Å²) in [6, 6.07) is 0. The Bertz CT molecular complexity index is 199. The van der Waals surface area contributed by atoms with Crippen molar-refractivity contribution in [3.63, 3.8) is 0 Å². The Morgan fingerprint density at radius 1 is 1.09 bits per heavy atom. The fraction of sp³-hybridized carbons (Fsp3) is 0.400. The summed E-state index contributed by atoms with van der Waals surface area (Å²) >= 11 is 5.86. The lowest BCUT2D eigenvalue weighted by atomic mass is 10.2. The summed E-state index contributed by atoms with van der Waals surface area (Å²) in [6.07, 6.45) is 5.90. The molecule has 0 aliphatic carbocycles. The summed E-state index contributed by atoms with van der Waals surface area (Å²) < 4.78 is 0. The first-order valence-electron chi connectivity index (χ1n) is 3.68. The first-order chi connectivity index (χ1) is 5.04. The first-order valence-corrected chi connectivity index (χ1v) is 4.06. The van der Waals surface area contributed by atoms with E-state index in [0.717, 1.165) is 10.6 Å². The smallest absolute Gasteiger partial charge is 0.0392 e. The van der Waals surface area contributed by atoms with E-state index in [1.807, 2.05) is 32.1 Å². The normalized spacial score (nSPS) is 9.91. The van der Waals surface area contributed by atoms with Crippen molar-refractivity contribution < 1.29 is 0 Å². The van der Waals surface area contributed by atoms with Gasteiger partial charge in [-0.25, -0.2) is 0 Å². The van der Waals surface area contributed by atoms with Gasteiger partial charge >= 0.3 is 0 Å². The lowest BCUT2D eigenvalue weighted by Crippen LogP contribution is -1.68. The molecule has 0 rings (SSSR count). The van der Waals surface area contributed by atoms with Crippen molar-refractivity contribution >= 4 is 11.6 Å². The van der Waals surface area contributed by atoms with Gasteiger partial charge in [0.25, 0.3) is 0 Å². The highest BCUT2D eigenvalue weighted by Crippen LogP contribution is 2.09. The second-order valence-electron chi connectivity index (χ2n) is 2.95. The molecule has 0 aliphatic rings. The number of rotatable bonds is 2.